The fraction of sp³-hybridized carbons (Fsp3) is 0.897. The number of fused-ring (bicyclic) bond motifs is 5. The SMILES string of the molecule is CC(C)CCC[C@H](C)[C@H]1CC[C@H]2[C@@H]3CC=C4C[C@@H](OC(=O)CI)CC[C@]4(C)[C@H]3CC[C@]12C. The van der Waals surface area contributed by atoms with E-state index in [1.807, 2.05) is 0 Å². The van der Waals surface area contributed by atoms with E-state index >= 15 is 0 Å². The first-order valence-electron chi connectivity index (χ1n) is 13.6. The Morgan fingerprint density at radius 2 is 1.88 bits per heavy atom. The predicted molar refractivity (Wildman–Crippen MR) is 142 cm³/mol. The van der Waals surface area contributed by atoms with Gasteiger partial charge in [-0.2, -0.15) is 0 Å². The molecule has 0 bridgehead atoms. The van der Waals surface area contributed by atoms with Crippen LogP contribution in [0.1, 0.15) is 105 Å². The molecular weight excluding hydrogens is 507 g/mol. The molecule has 0 aromatic carbocycles. The van der Waals surface area contributed by atoms with Crippen molar-refractivity contribution < 1.29 is 9.53 Å². The minimum atomic E-state index is -0.0403. The van der Waals surface area contributed by atoms with Crippen molar-refractivity contribution in [3.05, 3.63) is 11.6 Å². The first-order chi connectivity index (χ1) is 15.2. The van der Waals surface area contributed by atoms with Gasteiger partial charge in [-0.25, -0.2) is 0 Å². The van der Waals surface area contributed by atoms with Crippen LogP contribution in [0, 0.1) is 46.3 Å². The van der Waals surface area contributed by atoms with Crippen molar-refractivity contribution in [3.63, 3.8) is 0 Å². The van der Waals surface area contributed by atoms with Crippen LogP contribution in [0.5, 0.6) is 0 Å². The number of halogens is 1. The Morgan fingerprint density at radius 3 is 2.59 bits per heavy atom. The quantitative estimate of drug-likeness (QED) is 0.137. The molecule has 0 aliphatic heterocycles. The van der Waals surface area contributed by atoms with Gasteiger partial charge in [0.1, 0.15) is 6.10 Å². The van der Waals surface area contributed by atoms with Crippen LogP contribution in [-0.4, -0.2) is 16.5 Å². The van der Waals surface area contributed by atoms with Gasteiger partial charge < -0.3 is 4.74 Å². The minimum absolute atomic E-state index is 0.0403. The van der Waals surface area contributed by atoms with Crippen molar-refractivity contribution >= 4 is 28.6 Å². The summed E-state index contributed by atoms with van der Waals surface area (Å²) in [6.45, 7) is 12.6. The molecule has 0 aromatic rings. The number of rotatable bonds is 7. The van der Waals surface area contributed by atoms with Crippen molar-refractivity contribution in [1.29, 1.82) is 0 Å². The van der Waals surface area contributed by atoms with Crippen LogP contribution < -0.4 is 0 Å². The van der Waals surface area contributed by atoms with E-state index < -0.39 is 0 Å². The van der Waals surface area contributed by atoms with Gasteiger partial charge >= 0.3 is 5.97 Å². The molecule has 0 heterocycles. The number of hydrogen-bond donors (Lipinski definition) is 0. The molecule has 4 rings (SSSR count). The summed E-state index contributed by atoms with van der Waals surface area (Å²) in [4.78, 5) is 11.8. The van der Waals surface area contributed by atoms with Gasteiger partial charge in [-0.3, -0.25) is 4.79 Å². The van der Waals surface area contributed by atoms with Crippen molar-refractivity contribution in [2.45, 2.75) is 111 Å². The molecule has 0 N–H and O–H groups in total. The van der Waals surface area contributed by atoms with E-state index in [0.717, 1.165) is 48.3 Å². The summed E-state index contributed by atoms with van der Waals surface area (Å²) in [7, 11) is 0. The summed E-state index contributed by atoms with van der Waals surface area (Å²) < 4.78 is 6.22. The molecule has 3 heteroatoms. The zero-order valence-electron chi connectivity index (χ0n) is 21.3. The van der Waals surface area contributed by atoms with E-state index in [2.05, 4.69) is 63.3 Å². The van der Waals surface area contributed by atoms with Gasteiger partial charge in [0.2, 0.25) is 0 Å². The second-order valence-corrected chi connectivity index (χ2v) is 13.5. The molecule has 0 aromatic heterocycles. The lowest BCUT2D eigenvalue weighted by atomic mass is 9.47. The average Bonchev–Trinajstić information content (AvgIpc) is 3.11. The third-order valence-electron chi connectivity index (χ3n) is 10.7. The smallest absolute Gasteiger partial charge is 0.316 e. The average molecular weight is 555 g/mol. The molecule has 4 aliphatic carbocycles. The summed E-state index contributed by atoms with van der Waals surface area (Å²) in [6.07, 6.45) is 17.3. The maximum atomic E-state index is 11.8. The van der Waals surface area contributed by atoms with Crippen molar-refractivity contribution in [3.8, 4) is 0 Å². The van der Waals surface area contributed by atoms with E-state index in [9.17, 15) is 4.79 Å². The molecule has 2 nitrogen and oxygen atoms in total. The zero-order chi connectivity index (χ0) is 23.1. The van der Waals surface area contributed by atoms with E-state index in [4.69, 9.17) is 4.74 Å². The van der Waals surface area contributed by atoms with Crippen LogP contribution in [0.15, 0.2) is 11.6 Å². The topological polar surface area (TPSA) is 26.3 Å². The van der Waals surface area contributed by atoms with Gasteiger partial charge in [0.25, 0.3) is 0 Å². The molecule has 182 valence electrons. The number of carbonyl (C=O) groups is 1. The summed E-state index contributed by atoms with van der Waals surface area (Å²) in [5.41, 5.74) is 2.53. The highest BCUT2D eigenvalue weighted by Gasteiger charge is 2.59. The fourth-order valence-corrected chi connectivity index (χ4v) is 9.15. The highest BCUT2D eigenvalue weighted by Crippen LogP contribution is 2.67. The molecule has 8 atom stereocenters. The van der Waals surface area contributed by atoms with Gasteiger partial charge in [-0.05, 0) is 91.3 Å². The summed E-state index contributed by atoms with van der Waals surface area (Å²) in [5.74, 6) is 5.26. The largest absolute Gasteiger partial charge is 0.461 e. The Labute approximate surface area is 211 Å². The molecule has 32 heavy (non-hydrogen) atoms. The van der Waals surface area contributed by atoms with Crippen LogP contribution in [0.4, 0.5) is 0 Å². The zero-order valence-corrected chi connectivity index (χ0v) is 23.5. The van der Waals surface area contributed by atoms with Gasteiger partial charge in [0, 0.05) is 6.42 Å². The Kier molecular flexibility index (Phi) is 7.75. The summed E-state index contributed by atoms with van der Waals surface area (Å²) >= 11 is 2.12. The van der Waals surface area contributed by atoms with Crippen LogP contribution in [0.25, 0.3) is 0 Å². The molecule has 3 saturated carbocycles. The number of carbonyl (C=O) groups excluding carboxylic acids is 1. The summed E-state index contributed by atoms with van der Waals surface area (Å²) in [5, 5.41) is 0. The first-order valence-corrected chi connectivity index (χ1v) is 15.2. The van der Waals surface area contributed by atoms with E-state index in [1.54, 1.807) is 5.57 Å². The molecule has 0 amide bonds. The Hall–Kier alpha value is -0.0600. The van der Waals surface area contributed by atoms with E-state index in [1.165, 1.54) is 57.8 Å². The normalized spacial score (nSPS) is 42.0. The van der Waals surface area contributed by atoms with Gasteiger partial charge in [-0.15, -0.1) is 0 Å². The second-order valence-electron chi connectivity index (χ2n) is 12.8. The first kappa shape index (κ1) is 25.0. The standard InChI is InChI=1S/C29H47IO2/c1-19(2)7-6-8-20(3)24-11-12-25-23-10-9-21-17-22(32-27(31)18-30)13-15-28(21,4)26(23)14-16-29(24,25)5/h9,19-20,22-26H,6-8,10-18H2,1-5H3/t20-,22-,23-,24+,25-,26-,28-,29+/m0/s1. The molecule has 4 aliphatic rings. The molecule has 0 spiro atoms. The van der Waals surface area contributed by atoms with Gasteiger partial charge in [-0.1, -0.05) is 88.1 Å². The molecule has 0 unspecified atom stereocenters. The number of esters is 1. The maximum absolute atomic E-state index is 11.8. The number of ether oxygens (including phenoxy) is 1. The molecule has 0 saturated heterocycles. The Bertz CT molecular complexity index is 714. The lowest BCUT2D eigenvalue weighted by Crippen LogP contribution is -2.51. The third kappa shape index (κ3) is 4.59. The molecular formula is C29H47IO2. The van der Waals surface area contributed by atoms with Gasteiger partial charge in [0.15, 0.2) is 0 Å². The third-order valence-corrected chi connectivity index (χ3v) is 11.3. The number of allylic oxidation sites excluding steroid dienone is 1. The number of alkyl halides is 1. The van der Waals surface area contributed by atoms with Crippen LogP contribution in [0.3, 0.4) is 0 Å². The number of hydrogen-bond acceptors (Lipinski definition) is 2. The summed E-state index contributed by atoms with van der Waals surface area (Å²) in [6, 6.07) is 0. The Morgan fingerprint density at radius 1 is 1.09 bits per heavy atom. The van der Waals surface area contributed by atoms with Crippen molar-refractivity contribution in [2.24, 2.45) is 46.3 Å². The van der Waals surface area contributed by atoms with Crippen LogP contribution in [-0.2, 0) is 9.53 Å². The van der Waals surface area contributed by atoms with Gasteiger partial charge in [0.05, 0.1) is 4.43 Å². The van der Waals surface area contributed by atoms with Crippen molar-refractivity contribution in [1.82, 2.24) is 0 Å². The molecule has 3 fully saturated rings. The highest BCUT2D eigenvalue weighted by atomic mass is 127. The monoisotopic (exact) mass is 554 g/mol. The van der Waals surface area contributed by atoms with Crippen LogP contribution in [0.2, 0.25) is 0 Å². The lowest BCUT2D eigenvalue weighted by molar-refractivity contribution is -0.147. The highest BCUT2D eigenvalue weighted by molar-refractivity contribution is 14.1. The maximum Gasteiger partial charge on any atom is 0.316 e. The van der Waals surface area contributed by atoms with E-state index in [-0.39, 0.29) is 12.1 Å². The van der Waals surface area contributed by atoms with Crippen LogP contribution >= 0.6 is 22.6 Å². The lowest BCUT2D eigenvalue weighted by Gasteiger charge is -2.58. The fourth-order valence-electron chi connectivity index (χ4n) is 8.97. The predicted octanol–water partition coefficient (Wildman–Crippen LogP) is 8.37. The molecule has 0 radical (unpaired) electrons. The minimum Gasteiger partial charge on any atom is -0.461 e. The Balaban J connectivity index is 1.45. The second kappa shape index (κ2) is 9.90. The van der Waals surface area contributed by atoms with E-state index in [0.29, 0.717) is 15.3 Å². The van der Waals surface area contributed by atoms with Crippen molar-refractivity contribution in [2.75, 3.05) is 4.43 Å².